The lowest BCUT2D eigenvalue weighted by Gasteiger charge is -2.26. The van der Waals surface area contributed by atoms with Crippen molar-refractivity contribution in [3.8, 4) is 5.75 Å². The Morgan fingerprint density at radius 3 is 1.84 bits per heavy atom. The van der Waals surface area contributed by atoms with Crippen molar-refractivity contribution in [3.63, 3.8) is 0 Å². The first-order valence-electron chi connectivity index (χ1n) is 7.01. The average molecular weight is 273 g/mol. The molecule has 0 fully saturated rings. The quantitative estimate of drug-likeness (QED) is 0.673. The van der Waals surface area contributed by atoms with Crippen molar-refractivity contribution in [2.24, 2.45) is 0 Å². The lowest BCUT2D eigenvalue weighted by atomic mass is 9.82. The summed E-state index contributed by atoms with van der Waals surface area (Å²) >= 11 is 0. The molecule has 0 heterocycles. The molecule has 103 valence electrons. The lowest BCUT2D eigenvalue weighted by Crippen LogP contribution is -2.09. The summed E-state index contributed by atoms with van der Waals surface area (Å²) < 4.78 is 5.56. The highest BCUT2D eigenvalue weighted by molar-refractivity contribution is 6.00. The highest BCUT2D eigenvalue weighted by atomic mass is 28.2. The van der Waals surface area contributed by atoms with Gasteiger partial charge in [-0.15, -0.1) is 0 Å². The van der Waals surface area contributed by atoms with E-state index in [1.54, 1.807) is 0 Å². The third kappa shape index (κ3) is 3.11. The third-order valence-electron chi connectivity index (χ3n) is 3.52. The molecule has 1 aromatic carbocycles. The molecule has 0 atom stereocenters. The van der Waals surface area contributed by atoms with Gasteiger partial charge in [-0.1, -0.05) is 54.2 Å². The first-order chi connectivity index (χ1) is 8.84. The van der Waals surface area contributed by atoms with Gasteiger partial charge in [0.15, 0.2) is 0 Å². The Hall–Kier alpha value is -1.02. The fraction of sp³-hybridized carbons (Fsp3) is 0.529. The van der Waals surface area contributed by atoms with E-state index in [2.05, 4.69) is 64.7 Å². The zero-order chi connectivity index (χ0) is 14.7. The van der Waals surface area contributed by atoms with Gasteiger partial charge in [-0.3, -0.25) is 0 Å². The largest absolute Gasteiger partial charge is 0.540 e. The van der Waals surface area contributed by atoms with Gasteiger partial charge in [-0.05, 0) is 46.1 Å². The van der Waals surface area contributed by atoms with Crippen molar-refractivity contribution < 1.29 is 4.43 Å². The number of hydrogen-bond acceptors (Lipinski definition) is 1. The second-order valence-corrected chi connectivity index (χ2v) is 6.19. The standard InChI is InChI=1S/C17H25OSi/c1-8-13-9-14(10(2)3)17(18-19)16(12(6)7)15(13)11(4)5/h8-12H,1H2,2-7H3. The predicted molar refractivity (Wildman–Crippen MR) is 85.2 cm³/mol. The minimum absolute atomic E-state index is 0.418. The molecule has 0 amide bonds. The van der Waals surface area contributed by atoms with E-state index in [0.29, 0.717) is 17.8 Å². The van der Waals surface area contributed by atoms with Crippen molar-refractivity contribution in [1.82, 2.24) is 0 Å². The minimum Gasteiger partial charge on any atom is -0.540 e. The molecule has 0 bridgehead atoms. The molecule has 0 aliphatic heterocycles. The summed E-state index contributed by atoms with van der Waals surface area (Å²) in [5.41, 5.74) is 5.11. The van der Waals surface area contributed by atoms with Gasteiger partial charge >= 0.3 is 10.5 Å². The van der Waals surface area contributed by atoms with Crippen LogP contribution in [0.15, 0.2) is 12.6 Å². The Morgan fingerprint density at radius 1 is 1.00 bits per heavy atom. The van der Waals surface area contributed by atoms with Crippen LogP contribution in [-0.2, 0) is 0 Å². The van der Waals surface area contributed by atoms with Crippen LogP contribution in [0.1, 0.15) is 81.5 Å². The second kappa shape index (κ2) is 6.42. The molecule has 0 N–H and O–H groups in total. The molecule has 0 saturated carbocycles. The summed E-state index contributed by atoms with van der Waals surface area (Å²) in [5, 5.41) is 0. The third-order valence-corrected chi connectivity index (χ3v) is 3.72. The molecule has 1 aromatic rings. The summed E-state index contributed by atoms with van der Waals surface area (Å²) in [6, 6.07) is 2.22. The van der Waals surface area contributed by atoms with Crippen LogP contribution in [-0.4, -0.2) is 10.5 Å². The van der Waals surface area contributed by atoms with Crippen LogP contribution in [0, 0.1) is 0 Å². The number of rotatable bonds is 5. The highest BCUT2D eigenvalue weighted by Crippen LogP contribution is 2.41. The monoisotopic (exact) mass is 273 g/mol. The molecule has 1 rings (SSSR count). The van der Waals surface area contributed by atoms with Gasteiger partial charge < -0.3 is 4.43 Å². The van der Waals surface area contributed by atoms with Crippen molar-refractivity contribution in [2.45, 2.75) is 59.3 Å². The van der Waals surface area contributed by atoms with Gasteiger partial charge in [0, 0.05) is 0 Å². The van der Waals surface area contributed by atoms with Crippen molar-refractivity contribution in [3.05, 3.63) is 34.9 Å². The van der Waals surface area contributed by atoms with Crippen molar-refractivity contribution in [2.75, 3.05) is 0 Å². The highest BCUT2D eigenvalue weighted by Gasteiger charge is 2.22. The van der Waals surface area contributed by atoms with Crippen LogP contribution >= 0.6 is 0 Å². The van der Waals surface area contributed by atoms with Crippen LogP contribution in [0.3, 0.4) is 0 Å². The summed E-state index contributed by atoms with van der Waals surface area (Å²) in [4.78, 5) is 0. The fourth-order valence-electron chi connectivity index (χ4n) is 2.67. The zero-order valence-corrected chi connectivity index (χ0v) is 14.0. The Bertz CT molecular complexity index is 459. The molecule has 2 heteroatoms. The van der Waals surface area contributed by atoms with Crippen LogP contribution in [0.25, 0.3) is 6.08 Å². The Kier molecular flexibility index (Phi) is 5.42. The van der Waals surface area contributed by atoms with Crippen LogP contribution in [0.2, 0.25) is 0 Å². The predicted octanol–water partition coefficient (Wildman–Crippen LogP) is 5.16. The normalized spacial score (nSPS) is 11.5. The summed E-state index contributed by atoms with van der Waals surface area (Å²) in [5.74, 6) is 2.27. The fourth-order valence-corrected chi connectivity index (χ4v) is 2.90. The van der Waals surface area contributed by atoms with E-state index in [9.17, 15) is 0 Å². The van der Waals surface area contributed by atoms with Gasteiger partial charge in [-0.25, -0.2) is 0 Å². The molecular weight excluding hydrogens is 248 g/mol. The number of benzene rings is 1. The molecule has 0 aliphatic carbocycles. The van der Waals surface area contributed by atoms with E-state index in [-0.39, 0.29) is 0 Å². The van der Waals surface area contributed by atoms with Crippen LogP contribution in [0.5, 0.6) is 5.75 Å². The Balaban J connectivity index is 3.77. The second-order valence-electron chi connectivity index (χ2n) is 5.98. The van der Waals surface area contributed by atoms with Gasteiger partial charge in [0.05, 0.1) is 0 Å². The molecule has 0 spiro atoms. The van der Waals surface area contributed by atoms with Gasteiger partial charge in [0.2, 0.25) is 0 Å². The zero-order valence-electron chi connectivity index (χ0n) is 13.0. The smallest absolute Gasteiger partial charge is 0.341 e. The van der Waals surface area contributed by atoms with E-state index < -0.39 is 0 Å². The minimum atomic E-state index is 0.418. The van der Waals surface area contributed by atoms with E-state index in [0.717, 1.165) is 5.75 Å². The van der Waals surface area contributed by atoms with Gasteiger partial charge in [-0.2, -0.15) is 0 Å². The molecule has 0 aliphatic rings. The van der Waals surface area contributed by atoms with E-state index in [1.807, 2.05) is 6.08 Å². The van der Waals surface area contributed by atoms with E-state index in [1.165, 1.54) is 22.3 Å². The maximum Gasteiger partial charge on any atom is 0.341 e. The Labute approximate surface area is 121 Å². The molecule has 1 nitrogen and oxygen atoms in total. The van der Waals surface area contributed by atoms with Crippen molar-refractivity contribution >= 4 is 16.6 Å². The SMILES string of the molecule is C=Cc1cc(C(C)C)c(O[Si])c(C(C)C)c1C(C)C. The van der Waals surface area contributed by atoms with Gasteiger partial charge in [0.1, 0.15) is 5.75 Å². The molecule has 0 aromatic heterocycles. The maximum absolute atomic E-state index is 5.56. The number of hydrogen-bond donors (Lipinski definition) is 0. The first-order valence-corrected chi connectivity index (χ1v) is 7.42. The molecular formula is C17H25OSi. The molecule has 19 heavy (non-hydrogen) atoms. The van der Waals surface area contributed by atoms with E-state index in [4.69, 9.17) is 4.43 Å². The van der Waals surface area contributed by atoms with Crippen LogP contribution < -0.4 is 4.43 Å². The summed E-state index contributed by atoms with van der Waals surface area (Å²) in [6.45, 7) is 17.2. The molecule has 0 unspecified atom stereocenters. The molecule has 3 radical (unpaired) electrons. The summed E-state index contributed by atoms with van der Waals surface area (Å²) in [6.07, 6.45) is 1.96. The first kappa shape index (κ1) is 16.0. The van der Waals surface area contributed by atoms with E-state index >= 15 is 0 Å². The van der Waals surface area contributed by atoms with Crippen LogP contribution in [0.4, 0.5) is 0 Å². The molecule has 0 saturated heterocycles. The van der Waals surface area contributed by atoms with Crippen molar-refractivity contribution in [1.29, 1.82) is 0 Å². The topological polar surface area (TPSA) is 9.23 Å². The summed E-state index contributed by atoms with van der Waals surface area (Å²) in [7, 11) is 3.25. The maximum atomic E-state index is 5.56. The Morgan fingerprint density at radius 2 is 1.53 bits per heavy atom. The average Bonchev–Trinajstić information content (AvgIpc) is 2.35. The lowest BCUT2D eigenvalue weighted by molar-refractivity contribution is 0.574. The van der Waals surface area contributed by atoms with Gasteiger partial charge in [0.25, 0.3) is 0 Å².